The number of nitrogens with zero attached hydrogens (tertiary/aromatic N) is 3. The Kier molecular flexibility index (Phi) is 6.46. The number of ether oxygens (including phenoxy) is 2. The van der Waals surface area contributed by atoms with E-state index in [-0.39, 0.29) is 24.2 Å². The zero-order valence-electron chi connectivity index (χ0n) is 20.3. The number of alkyl halides is 1. The second kappa shape index (κ2) is 9.25. The number of hydrogen-bond acceptors (Lipinski definition) is 7. The fourth-order valence-corrected chi connectivity index (χ4v) is 4.02. The average Bonchev–Trinajstić information content (AvgIpc) is 3.37. The van der Waals surface area contributed by atoms with Gasteiger partial charge in [-0.2, -0.15) is 5.10 Å². The van der Waals surface area contributed by atoms with Crippen LogP contribution < -0.4 is 15.4 Å². The summed E-state index contributed by atoms with van der Waals surface area (Å²) in [5.74, 6) is -1.04. The third-order valence-corrected chi connectivity index (χ3v) is 5.62. The van der Waals surface area contributed by atoms with Crippen LogP contribution in [0.15, 0.2) is 30.6 Å². The van der Waals surface area contributed by atoms with Crippen molar-refractivity contribution in [1.82, 2.24) is 19.9 Å². The highest BCUT2D eigenvalue weighted by molar-refractivity contribution is 5.94. The summed E-state index contributed by atoms with van der Waals surface area (Å²) in [5, 5.41) is 18.9. The number of anilines is 1. The lowest BCUT2D eigenvalue weighted by Crippen LogP contribution is -2.49. The molecule has 0 spiro atoms. The number of rotatable bonds is 7. The minimum Gasteiger partial charge on any atom is -0.482 e. The van der Waals surface area contributed by atoms with Crippen molar-refractivity contribution in [2.45, 2.75) is 51.4 Å². The molecule has 0 saturated carbocycles. The van der Waals surface area contributed by atoms with Gasteiger partial charge in [-0.25, -0.2) is 27.9 Å². The molecule has 3 aromatic rings. The Bertz CT molecular complexity index is 1320. The van der Waals surface area contributed by atoms with Crippen molar-refractivity contribution in [2.75, 3.05) is 18.5 Å². The molecule has 2 aromatic heterocycles. The molecule has 12 heteroatoms. The maximum atomic E-state index is 14.5. The van der Waals surface area contributed by atoms with Gasteiger partial charge >= 0.3 is 12.1 Å². The number of halogens is 2. The molecule has 1 amide bonds. The standard InChI is InChI=1S/C24H27F2N5O5/c1-13(29-18-5-6-31-20(30-18)17(10-28-31)21(32)33)16-8-15(26)7-14-9-24(11-25,35-19(14)16)12-27-22(34)36-23(2,3)4/h5-8,10,13H,9,11-12H2,1-4H3,(H,27,34)(H,29,30)(H,32,33). The second-order valence-electron chi connectivity index (χ2n) is 9.74. The SMILES string of the molecule is CC(Nc1ccn2ncc(C(=O)O)c2n1)c1cc(F)cc2c1OC(CF)(CNC(=O)OC(C)(C)C)C2. The van der Waals surface area contributed by atoms with Gasteiger partial charge in [0.15, 0.2) is 11.2 Å². The topological polar surface area (TPSA) is 127 Å². The van der Waals surface area contributed by atoms with E-state index in [0.29, 0.717) is 22.7 Å². The van der Waals surface area contributed by atoms with E-state index in [1.54, 1.807) is 40.0 Å². The van der Waals surface area contributed by atoms with Gasteiger partial charge in [0.05, 0.1) is 18.8 Å². The summed E-state index contributed by atoms with van der Waals surface area (Å²) >= 11 is 0. The van der Waals surface area contributed by atoms with Crippen LogP contribution in [-0.4, -0.2) is 56.2 Å². The number of carboxylic acids is 1. The summed E-state index contributed by atoms with van der Waals surface area (Å²) in [6.07, 6.45) is 2.09. The minimum atomic E-state index is -1.41. The van der Waals surface area contributed by atoms with E-state index in [0.717, 1.165) is 0 Å². The van der Waals surface area contributed by atoms with Crippen molar-refractivity contribution in [3.63, 3.8) is 0 Å². The number of fused-ring (bicyclic) bond motifs is 2. The summed E-state index contributed by atoms with van der Waals surface area (Å²) in [7, 11) is 0. The number of amides is 1. The molecule has 192 valence electrons. The van der Waals surface area contributed by atoms with Crippen LogP contribution in [0.25, 0.3) is 5.65 Å². The molecule has 0 bridgehead atoms. The highest BCUT2D eigenvalue weighted by atomic mass is 19.1. The van der Waals surface area contributed by atoms with Gasteiger partial charge in [0, 0.05) is 23.7 Å². The highest BCUT2D eigenvalue weighted by Crippen LogP contribution is 2.42. The number of hydrogen-bond donors (Lipinski definition) is 3. The van der Waals surface area contributed by atoms with Crippen LogP contribution in [0.4, 0.5) is 19.4 Å². The molecular weight excluding hydrogens is 476 g/mol. The number of aromatic carboxylic acids is 1. The molecule has 0 fully saturated rings. The van der Waals surface area contributed by atoms with Crippen LogP contribution in [0.3, 0.4) is 0 Å². The van der Waals surface area contributed by atoms with Crippen LogP contribution in [0.1, 0.15) is 55.2 Å². The van der Waals surface area contributed by atoms with E-state index < -0.39 is 41.8 Å². The van der Waals surface area contributed by atoms with Crippen LogP contribution >= 0.6 is 0 Å². The minimum absolute atomic E-state index is 0.0497. The van der Waals surface area contributed by atoms with Gasteiger partial charge in [0.2, 0.25) is 0 Å². The third-order valence-electron chi connectivity index (χ3n) is 5.62. The van der Waals surface area contributed by atoms with E-state index >= 15 is 0 Å². The van der Waals surface area contributed by atoms with Crippen molar-refractivity contribution in [3.8, 4) is 5.75 Å². The van der Waals surface area contributed by atoms with E-state index in [1.807, 2.05) is 0 Å². The molecular formula is C24H27F2N5O5. The van der Waals surface area contributed by atoms with Crippen LogP contribution in [0.2, 0.25) is 0 Å². The summed E-state index contributed by atoms with van der Waals surface area (Å²) in [6, 6.07) is 3.62. The molecule has 1 aromatic carbocycles. The van der Waals surface area contributed by atoms with E-state index in [4.69, 9.17) is 9.47 Å². The molecule has 1 aliphatic heterocycles. The Labute approximate surface area is 205 Å². The first-order valence-electron chi connectivity index (χ1n) is 11.3. The molecule has 10 nitrogen and oxygen atoms in total. The summed E-state index contributed by atoms with van der Waals surface area (Å²) in [5.41, 5.74) is -1.16. The second-order valence-corrected chi connectivity index (χ2v) is 9.74. The van der Waals surface area contributed by atoms with E-state index in [1.165, 1.54) is 22.8 Å². The predicted molar refractivity (Wildman–Crippen MR) is 126 cm³/mol. The van der Waals surface area contributed by atoms with Crippen molar-refractivity contribution in [2.24, 2.45) is 0 Å². The number of benzene rings is 1. The fourth-order valence-electron chi connectivity index (χ4n) is 4.02. The molecule has 0 saturated heterocycles. The van der Waals surface area contributed by atoms with Gasteiger partial charge in [0.1, 0.15) is 35.2 Å². The number of carbonyl (C=O) groups excluding carboxylic acids is 1. The first-order chi connectivity index (χ1) is 16.9. The molecule has 3 heterocycles. The molecule has 36 heavy (non-hydrogen) atoms. The summed E-state index contributed by atoms with van der Waals surface area (Å²) < 4.78 is 41.3. The molecule has 0 aliphatic carbocycles. The average molecular weight is 504 g/mol. The molecule has 4 rings (SSSR count). The first-order valence-corrected chi connectivity index (χ1v) is 11.3. The number of carbonyl (C=O) groups is 2. The Hall–Kier alpha value is -3.96. The molecule has 1 aliphatic rings. The zero-order chi connectivity index (χ0) is 26.3. The molecule has 0 radical (unpaired) electrons. The van der Waals surface area contributed by atoms with Gasteiger partial charge < -0.3 is 25.2 Å². The third kappa shape index (κ3) is 5.16. The van der Waals surface area contributed by atoms with Crippen molar-refractivity contribution < 1.29 is 33.0 Å². The maximum absolute atomic E-state index is 14.5. The number of nitrogens with one attached hydrogen (secondary N) is 2. The lowest BCUT2D eigenvalue weighted by atomic mass is 9.96. The van der Waals surface area contributed by atoms with Crippen LogP contribution in [0.5, 0.6) is 5.75 Å². The summed E-state index contributed by atoms with van der Waals surface area (Å²) in [6.45, 7) is 5.79. The number of carboxylic acid groups (broad SMARTS) is 1. The lowest BCUT2D eigenvalue weighted by Gasteiger charge is -2.28. The zero-order valence-corrected chi connectivity index (χ0v) is 20.3. The van der Waals surface area contributed by atoms with Gasteiger partial charge in [-0.05, 0) is 45.9 Å². The van der Waals surface area contributed by atoms with Gasteiger partial charge in [-0.15, -0.1) is 0 Å². The van der Waals surface area contributed by atoms with Crippen molar-refractivity contribution in [3.05, 3.63) is 53.1 Å². The number of aromatic nitrogens is 3. The lowest BCUT2D eigenvalue weighted by molar-refractivity contribution is 0.0352. The van der Waals surface area contributed by atoms with Crippen molar-refractivity contribution >= 4 is 23.5 Å². The van der Waals surface area contributed by atoms with E-state index in [9.17, 15) is 23.5 Å². The Morgan fingerprint density at radius 3 is 2.78 bits per heavy atom. The molecule has 2 atom stereocenters. The Balaban J connectivity index is 1.56. The fraction of sp³-hybridized carbons (Fsp3) is 0.417. The Morgan fingerprint density at radius 1 is 1.36 bits per heavy atom. The van der Waals surface area contributed by atoms with Gasteiger partial charge in [0.25, 0.3) is 0 Å². The van der Waals surface area contributed by atoms with Crippen molar-refractivity contribution in [1.29, 1.82) is 0 Å². The van der Waals surface area contributed by atoms with Crippen LogP contribution in [0, 0.1) is 5.82 Å². The molecule has 2 unspecified atom stereocenters. The number of alkyl carbamates (subject to hydrolysis) is 1. The monoisotopic (exact) mass is 503 g/mol. The maximum Gasteiger partial charge on any atom is 0.407 e. The predicted octanol–water partition coefficient (Wildman–Crippen LogP) is 3.91. The Morgan fingerprint density at radius 2 is 2.11 bits per heavy atom. The van der Waals surface area contributed by atoms with Gasteiger partial charge in [-0.3, -0.25) is 0 Å². The van der Waals surface area contributed by atoms with Crippen LogP contribution in [-0.2, 0) is 11.2 Å². The summed E-state index contributed by atoms with van der Waals surface area (Å²) in [4.78, 5) is 27.8. The quantitative estimate of drug-likeness (QED) is 0.443. The largest absolute Gasteiger partial charge is 0.482 e. The first kappa shape index (κ1) is 25.1. The molecule has 3 N–H and O–H groups in total. The normalized spacial score (nSPS) is 17.8. The smallest absolute Gasteiger partial charge is 0.407 e. The van der Waals surface area contributed by atoms with Gasteiger partial charge in [-0.1, -0.05) is 0 Å². The van der Waals surface area contributed by atoms with E-state index in [2.05, 4.69) is 20.7 Å². The highest BCUT2D eigenvalue weighted by Gasteiger charge is 2.42.